The first-order valence-electron chi connectivity index (χ1n) is 6.34. The van der Waals surface area contributed by atoms with Crippen molar-refractivity contribution in [2.24, 2.45) is 5.16 Å². The zero-order chi connectivity index (χ0) is 11.8. The molecule has 0 bridgehead atoms. The average Bonchev–Trinajstić information content (AvgIpc) is 2.41. The molecule has 0 amide bonds. The molecule has 0 atom stereocenters. The van der Waals surface area contributed by atoms with Gasteiger partial charge in [0.05, 0.1) is 5.71 Å². The van der Waals surface area contributed by atoms with Crippen molar-refractivity contribution in [3.8, 4) is 0 Å². The van der Waals surface area contributed by atoms with E-state index in [1.807, 2.05) is 24.3 Å². The Morgan fingerprint density at radius 1 is 1.06 bits per heavy atom. The van der Waals surface area contributed by atoms with Gasteiger partial charge < -0.3 is 4.84 Å². The lowest BCUT2D eigenvalue weighted by molar-refractivity contribution is 0.173. The maximum atomic E-state index is 5.30. The molecular formula is C15H19NO. The highest BCUT2D eigenvalue weighted by Gasteiger charge is 2.06. The zero-order valence-electron chi connectivity index (χ0n) is 10.1. The Balaban J connectivity index is 1.70. The van der Waals surface area contributed by atoms with E-state index in [1.54, 1.807) is 0 Å². The fraction of sp³-hybridized carbons (Fsp3) is 0.400. The fourth-order valence-corrected chi connectivity index (χ4v) is 1.97. The van der Waals surface area contributed by atoms with Gasteiger partial charge in [-0.15, -0.1) is 0 Å². The fourth-order valence-electron chi connectivity index (χ4n) is 1.97. The smallest absolute Gasteiger partial charge is 0.135 e. The van der Waals surface area contributed by atoms with Crippen LogP contribution in [0.1, 0.15) is 37.7 Å². The third kappa shape index (κ3) is 4.43. The molecule has 2 nitrogen and oxygen atoms in total. The second kappa shape index (κ2) is 6.89. The van der Waals surface area contributed by atoms with Crippen LogP contribution in [0.3, 0.4) is 0 Å². The molecule has 0 spiro atoms. The van der Waals surface area contributed by atoms with Crippen LogP contribution in [-0.2, 0) is 4.84 Å². The maximum Gasteiger partial charge on any atom is 0.135 e. The summed E-state index contributed by atoms with van der Waals surface area (Å²) >= 11 is 0. The molecule has 1 aromatic rings. The SMILES string of the molecule is C(=C\c1ccccc1)/CON=C1CCCCC1. The van der Waals surface area contributed by atoms with Gasteiger partial charge >= 0.3 is 0 Å². The maximum absolute atomic E-state index is 5.30. The van der Waals surface area contributed by atoms with Gasteiger partial charge in [-0.1, -0.05) is 48.0 Å². The lowest BCUT2D eigenvalue weighted by atomic mass is 9.99. The summed E-state index contributed by atoms with van der Waals surface area (Å²) in [6.45, 7) is 0.554. The van der Waals surface area contributed by atoms with Crippen molar-refractivity contribution in [2.75, 3.05) is 6.61 Å². The molecule has 0 unspecified atom stereocenters. The molecule has 17 heavy (non-hydrogen) atoms. The predicted octanol–water partition coefficient (Wildman–Crippen LogP) is 4.04. The molecule has 0 radical (unpaired) electrons. The molecule has 1 aliphatic carbocycles. The lowest BCUT2D eigenvalue weighted by Gasteiger charge is -2.10. The quantitative estimate of drug-likeness (QED) is 0.564. The first-order chi connectivity index (χ1) is 8.45. The Kier molecular flexibility index (Phi) is 4.83. The van der Waals surface area contributed by atoms with E-state index < -0.39 is 0 Å². The summed E-state index contributed by atoms with van der Waals surface area (Å²) in [6, 6.07) is 10.2. The van der Waals surface area contributed by atoms with E-state index >= 15 is 0 Å². The van der Waals surface area contributed by atoms with Crippen molar-refractivity contribution in [1.82, 2.24) is 0 Å². The minimum Gasteiger partial charge on any atom is -0.392 e. The highest BCUT2D eigenvalue weighted by molar-refractivity contribution is 5.84. The summed E-state index contributed by atoms with van der Waals surface area (Å²) in [5, 5.41) is 4.18. The van der Waals surface area contributed by atoms with Crippen LogP contribution in [0.5, 0.6) is 0 Å². The molecule has 2 rings (SSSR count). The van der Waals surface area contributed by atoms with E-state index in [0.717, 1.165) is 12.8 Å². The summed E-state index contributed by atoms with van der Waals surface area (Å²) in [7, 11) is 0. The van der Waals surface area contributed by atoms with Crippen molar-refractivity contribution in [3.63, 3.8) is 0 Å². The Labute approximate surface area is 103 Å². The van der Waals surface area contributed by atoms with E-state index in [9.17, 15) is 0 Å². The topological polar surface area (TPSA) is 21.6 Å². The molecule has 0 saturated heterocycles. The van der Waals surface area contributed by atoms with Crippen LogP contribution >= 0.6 is 0 Å². The van der Waals surface area contributed by atoms with Crippen LogP contribution in [0.15, 0.2) is 41.6 Å². The molecule has 1 saturated carbocycles. The van der Waals surface area contributed by atoms with Crippen molar-refractivity contribution >= 4 is 11.8 Å². The van der Waals surface area contributed by atoms with Gasteiger partial charge in [-0.3, -0.25) is 0 Å². The molecule has 1 fully saturated rings. The van der Waals surface area contributed by atoms with Crippen LogP contribution in [0, 0.1) is 0 Å². The standard InChI is InChI=1S/C15H19NO/c1-3-8-14(9-4-1)10-7-13-17-16-15-11-5-2-6-12-15/h1,3-4,7-10H,2,5-6,11-13H2/b10-7+. The number of oxime groups is 1. The minimum absolute atomic E-state index is 0.554. The van der Waals surface area contributed by atoms with Crippen LogP contribution in [0.25, 0.3) is 6.08 Å². The molecule has 90 valence electrons. The number of nitrogens with zero attached hydrogens (tertiary/aromatic N) is 1. The van der Waals surface area contributed by atoms with Crippen LogP contribution in [0.2, 0.25) is 0 Å². The number of benzene rings is 1. The first-order valence-corrected chi connectivity index (χ1v) is 6.34. The Morgan fingerprint density at radius 2 is 1.82 bits per heavy atom. The monoisotopic (exact) mass is 229 g/mol. The molecule has 1 aliphatic rings. The molecule has 0 aromatic heterocycles. The molecule has 1 aromatic carbocycles. The van der Waals surface area contributed by atoms with Crippen molar-refractivity contribution < 1.29 is 4.84 Å². The Bertz CT molecular complexity index is 373. The van der Waals surface area contributed by atoms with E-state index in [0.29, 0.717) is 6.61 Å². The van der Waals surface area contributed by atoms with Gasteiger partial charge in [0.15, 0.2) is 0 Å². The summed E-state index contributed by atoms with van der Waals surface area (Å²) in [6.07, 6.45) is 10.2. The normalized spacial score (nSPS) is 16.1. The number of rotatable bonds is 4. The lowest BCUT2D eigenvalue weighted by Crippen LogP contribution is -2.05. The van der Waals surface area contributed by atoms with Gasteiger partial charge in [0.25, 0.3) is 0 Å². The third-order valence-electron chi connectivity index (χ3n) is 2.90. The van der Waals surface area contributed by atoms with E-state index in [4.69, 9.17) is 4.84 Å². The molecular weight excluding hydrogens is 210 g/mol. The van der Waals surface area contributed by atoms with Gasteiger partial charge in [-0.05, 0) is 37.3 Å². The molecule has 0 N–H and O–H groups in total. The largest absolute Gasteiger partial charge is 0.392 e. The summed E-state index contributed by atoms with van der Waals surface area (Å²) < 4.78 is 0. The van der Waals surface area contributed by atoms with Crippen LogP contribution < -0.4 is 0 Å². The minimum atomic E-state index is 0.554. The van der Waals surface area contributed by atoms with Gasteiger partial charge in [0, 0.05) is 0 Å². The van der Waals surface area contributed by atoms with Gasteiger partial charge in [-0.2, -0.15) is 0 Å². The van der Waals surface area contributed by atoms with Crippen LogP contribution in [-0.4, -0.2) is 12.3 Å². The predicted molar refractivity (Wildman–Crippen MR) is 71.9 cm³/mol. The summed E-state index contributed by atoms with van der Waals surface area (Å²) in [5.41, 5.74) is 2.42. The Morgan fingerprint density at radius 3 is 2.59 bits per heavy atom. The van der Waals surface area contributed by atoms with E-state index in [1.165, 1.54) is 30.5 Å². The molecule has 0 aliphatic heterocycles. The van der Waals surface area contributed by atoms with Crippen molar-refractivity contribution in [1.29, 1.82) is 0 Å². The Hall–Kier alpha value is -1.57. The average molecular weight is 229 g/mol. The van der Waals surface area contributed by atoms with Gasteiger partial charge in [-0.25, -0.2) is 0 Å². The van der Waals surface area contributed by atoms with Crippen LogP contribution in [0.4, 0.5) is 0 Å². The summed E-state index contributed by atoms with van der Waals surface area (Å²) in [4.78, 5) is 5.30. The van der Waals surface area contributed by atoms with Crippen molar-refractivity contribution in [3.05, 3.63) is 42.0 Å². The first kappa shape index (κ1) is 11.9. The number of hydrogen-bond donors (Lipinski definition) is 0. The highest BCUT2D eigenvalue weighted by atomic mass is 16.6. The summed E-state index contributed by atoms with van der Waals surface area (Å²) in [5.74, 6) is 0. The zero-order valence-corrected chi connectivity index (χ0v) is 10.1. The highest BCUT2D eigenvalue weighted by Crippen LogP contribution is 2.14. The van der Waals surface area contributed by atoms with Gasteiger partial charge in [0.2, 0.25) is 0 Å². The van der Waals surface area contributed by atoms with E-state index in [-0.39, 0.29) is 0 Å². The van der Waals surface area contributed by atoms with E-state index in [2.05, 4.69) is 23.4 Å². The number of hydrogen-bond acceptors (Lipinski definition) is 2. The third-order valence-corrected chi connectivity index (χ3v) is 2.90. The molecule has 2 heteroatoms. The molecule has 0 heterocycles. The van der Waals surface area contributed by atoms with Crippen molar-refractivity contribution in [2.45, 2.75) is 32.1 Å². The second-order valence-corrected chi connectivity index (χ2v) is 4.33. The second-order valence-electron chi connectivity index (χ2n) is 4.33. The van der Waals surface area contributed by atoms with Gasteiger partial charge in [0.1, 0.15) is 6.61 Å².